The molecule has 7 nitrogen and oxygen atoms in total. The third-order valence-electron chi connectivity index (χ3n) is 4.89. The third-order valence-corrected chi connectivity index (χ3v) is 4.89. The van der Waals surface area contributed by atoms with Crippen molar-refractivity contribution < 1.29 is 14.4 Å². The maximum atomic E-state index is 12.3. The van der Waals surface area contributed by atoms with Crippen LogP contribution in [0.1, 0.15) is 46.5 Å². The second-order valence-corrected chi connectivity index (χ2v) is 8.17. The topological polar surface area (TPSA) is 90.5 Å². The van der Waals surface area contributed by atoms with Crippen molar-refractivity contribution >= 4 is 17.7 Å². The van der Waals surface area contributed by atoms with Gasteiger partial charge in [0.05, 0.1) is 12.6 Å². The van der Waals surface area contributed by atoms with Gasteiger partial charge in [0, 0.05) is 25.0 Å². The van der Waals surface area contributed by atoms with Gasteiger partial charge < -0.3 is 20.9 Å². The smallest absolute Gasteiger partial charge is 0.241 e. The molecule has 0 aliphatic carbocycles. The van der Waals surface area contributed by atoms with E-state index in [1.165, 1.54) is 0 Å². The average molecular weight is 352 g/mol. The first-order chi connectivity index (χ1) is 11.8. The van der Waals surface area contributed by atoms with Crippen LogP contribution < -0.4 is 16.0 Å². The van der Waals surface area contributed by atoms with Crippen molar-refractivity contribution in [3.8, 4) is 0 Å². The molecular formula is C18H32N4O3. The van der Waals surface area contributed by atoms with Gasteiger partial charge in [-0.1, -0.05) is 20.8 Å². The standard InChI is InChI=1S/C18H32N4O3/c1-18(2,3)17(25)21-11-15(23)22-9-5-6-13(12-22)10-20-16(24)14-7-4-8-19-14/h13-14,19H,4-12H2,1-3H3,(H,20,24)(H,21,25). The Morgan fingerprint density at radius 3 is 2.52 bits per heavy atom. The molecule has 3 amide bonds. The number of amides is 3. The lowest BCUT2D eigenvalue weighted by molar-refractivity contribution is -0.136. The summed E-state index contributed by atoms with van der Waals surface area (Å²) in [4.78, 5) is 38.1. The first kappa shape index (κ1) is 19.7. The number of hydrogen-bond donors (Lipinski definition) is 3. The number of carbonyl (C=O) groups is 3. The molecule has 2 saturated heterocycles. The van der Waals surface area contributed by atoms with Crippen molar-refractivity contribution in [2.24, 2.45) is 11.3 Å². The van der Waals surface area contributed by atoms with Crippen molar-refractivity contribution in [2.45, 2.75) is 52.5 Å². The fourth-order valence-electron chi connectivity index (χ4n) is 3.27. The van der Waals surface area contributed by atoms with Gasteiger partial charge in [-0.2, -0.15) is 0 Å². The van der Waals surface area contributed by atoms with E-state index in [-0.39, 0.29) is 36.2 Å². The zero-order chi connectivity index (χ0) is 18.4. The van der Waals surface area contributed by atoms with Crippen LogP contribution in [0.5, 0.6) is 0 Å². The second kappa shape index (κ2) is 8.65. The Kier molecular flexibility index (Phi) is 6.81. The number of likely N-dealkylation sites (tertiary alicyclic amines) is 1. The van der Waals surface area contributed by atoms with Crippen LogP contribution in [0.4, 0.5) is 0 Å². The first-order valence-corrected chi connectivity index (χ1v) is 9.34. The van der Waals surface area contributed by atoms with E-state index in [1.807, 2.05) is 20.8 Å². The van der Waals surface area contributed by atoms with Crippen LogP contribution in [0.15, 0.2) is 0 Å². The van der Waals surface area contributed by atoms with Crippen LogP contribution in [0.25, 0.3) is 0 Å². The SMILES string of the molecule is CC(C)(C)C(=O)NCC(=O)N1CCCC(CNC(=O)C2CCCN2)C1. The van der Waals surface area contributed by atoms with E-state index in [4.69, 9.17) is 0 Å². The summed E-state index contributed by atoms with van der Waals surface area (Å²) in [5.74, 6) is 0.177. The Bertz CT molecular complexity index is 495. The van der Waals surface area contributed by atoms with Gasteiger partial charge in [-0.25, -0.2) is 0 Å². The molecule has 2 rings (SSSR count). The number of piperidine rings is 1. The predicted molar refractivity (Wildman–Crippen MR) is 95.8 cm³/mol. The average Bonchev–Trinajstić information content (AvgIpc) is 3.11. The Labute approximate surface area is 150 Å². The summed E-state index contributed by atoms with van der Waals surface area (Å²) in [6, 6.07) is -0.0612. The summed E-state index contributed by atoms with van der Waals surface area (Å²) in [6.07, 6.45) is 3.89. The number of carbonyl (C=O) groups excluding carboxylic acids is 3. The third kappa shape index (κ3) is 5.99. The normalized spacial score (nSPS) is 24.0. The molecular weight excluding hydrogens is 320 g/mol. The van der Waals surface area contributed by atoms with Crippen molar-refractivity contribution in [1.82, 2.24) is 20.9 Å². The largest absolute Gasteiger partial charge is 0.354 e. The molecule has 2 atom stereocenters. The van der Waals surface area contributed by atoms with Gasteiger partial charge in [0.1, 0.15) is 0 Å². The molecule has 2 heterocycles. The van der Waals surface area contributed by atoms with Crippen molar-refractivity contribution in [3.63, 3.8) is 0 Å². The summed E-state index contributed by atoms with van der Waals surface area (Å²) in [7, 11) is 0. The highest BCUT2D eigenvalue weighted by Gasteiger charge is 2.27. The van der Waals surface area contributed by atoms with Crippen molar-refractivity contribution in [3.05, 3.63) is 0 Å². The van der Waals surface area contributed by atoms with Gasteiger partial charge in [0.2, 0.25) is 17.7 Å². The Hall–Kier alpha value is -1.63. The van der Waals surface area contributed by atoms with E-state index in [0.717, 1.165) is 38.8 Å². The molecule has 2 unspecified atom stereocenters. The highest BCUT2D eigenvalue weighted by molar-refractivity contribution is 5.87. The molecule has 2 aliphatic rings. The van der Waals surface area contributed by atoms with Crippen molar-refractivity contribution in [2.75, 3.05) is 32.7 Å². The first-order valence-electron chi connectivity index (χ1n) is 9.34. The monoisotopic (exact) mass is 352 g/mol. The summed E-state index contributed by atoms with van der Waals surface area (Å²) in [6.45, 7) is 8.39. The van der Waals surface area contributed by atoms with E-state index >= 15 is 0 Å². The molecule has 3 N–H and O–H groups in total. The number of nitrogens with zero attached hydrogens (tertiary/aromatic N) is 1. The fraction of sp³-hybridized carbons (Fsp3) is 0.833. The molecule has 2 fully saturated rings. The molecule has 0 aromatic heterocycles. The van der Waals surface area contributed by atoms with Gasteiger partial charge in [0.25, 0.3) is 0 Å². The van der Waals surface area contributed by atoms with Crippen LogP contribution >= 0.6 is 0 Å². The lowest BCUT2D eigenvalue weighted by Gasteiger charge is -2.33. The van der Waals surface area contributed by atoms with Gasteiger partial charge in [-0.05, 0) is 38.1 Å². The molecule has 7 heteroatoms. The Morgan fingerprint density at radius 1 is 1.12 bits per heavy atom. The van der Waals surface area contributed by atoms with Gasteiger partial charge >= 0.3 is 0 Å². The molecule has 0 aromatic carbocycles. The molecule has 2 aliphatic heterocycles. The van der Waals surface area contributed by atoms with E-state index < -0.39 is 5.41 Å². The van der Waals surface area contributed by atoms with Gasteiger partial charge in [-0.15, -0.1) is 0 Å². The second-order valence-electron chi connectivity index (χ2n) is 8.17. The van der Waals surface area contributed by atoms with Gasteiger partial charge in [0.15, 0.2) is 0 Å². The highest BCUT2D eigenvalue weighted by Crippen LogP contribution is 2.17. The summed E-state index contributed by atoms with van der Waals surface area (Å²) < 4.78 is 0. The van der Waals surface area contributed by atoms with Crippen LogP contribution in [-0.2, 0) is 14.4 Å². The maximum absolute atomic E-state index is 12.3. The molecule has 0 aromatic rings. The van der Waals surface area contributed by atoms with Crippen LogP contribution in [0.2, 0.25) is 0 Å². The van der Waals surface area contributed by atoms with Crippen LogP contribution in [-0.4, -0.2) is 61.4 Å². The van der Waals surface area contributed by atoms with Crippen LogP contribution in [0.3, 0.4) is 0 Å². The fourth-order valence-corrected chi connectivity index (χ4v) is 3.27. The summed E-state index contributed by atoms with van der Waals surface area (Å²) >= 11 is 0. The molecule has 0 radical (unpaired) electrons. The lowest BCUT2D eigenvalue weighted by atomic mass is 9.95. The molecule has 0 spiro atoms. The molecule has 0 bridgehead atoms. The van der Waals surface area contributed by atoms with Crippen molar-refractivity contribution in [1.29, 1.82) is 0 Å². The van der Waals surface area contributed by atoms with Gasteiger partial charge in [-0.3, -0.25) is 14.4 Å². The van der Waals surface area contributed by atoms with E-state index in [9.17, 15) is 14.4 Å². The zero-order valence-electron chi connectivity index (χ0n) is 15.7. The lowest BCUT2D eigenvalue weighted by Crippen LogP contribution is -2.49. The van der Waals surface area contributed by atoms with E-state index in [2.05, 4.69) is 16.0 Å². The Balaban J connectivity index is 1.73. The summed E-state index contributed by atoms with van der Waals surface area (Å²) in [5, 5.41) is 8.92. The quantitative estimate of drug-likeness (QED) is 0.662. The molecule has 25 heavy (non-hydrogen) atoms. The number of nitrogens with one attached hydrogen (secondary N) is 3. The number of rotatable bonds is 5. The predicted octanol–water partition coefficient (Wildman–Crippen LogP) is 0.256. The molecule has 142 valence electrons. The minimum absolute atomic E-state index is 0.0428. The minimum Gasteiger partial charge on any atom is -0.354 e. The maximum Gasteiger partial charge on any atom is 0.241 e. The minimum atomic E-state index is -0.497. The highest BCUT2D eigenvalue weighted by atomic mass is 16.2. The number of hydrogen-bond acceptors (Lipinski definition) is 4. The van der Waals surface area contributed by atoms with E-state index in [0.29, 0.717) is 13.1 Å². The molecule has 0 saturated carbocycles. The van der Waals surface area contributed by atoms with Crippen LogP contribution in [0, 0.1) is 11.3 Å². The Morgan fingerprint density at radius 2 is 1.88 bits per heavy atom. The zero-order valence-corrected chi connectivity index (χ0v) is 15.7. The summed E-state index contributed by atoms with van der Waals surface area (Å²) in [5.41, 5.74) is -0.497. The van der Waals surface area contributed by atoms with E-state index in [1.54, 1.807) is 4.90 Å².